The highest BCUT2D eigenvalue weighted by Gasteiger charge is 2.38. The van der Waals surface area contributed by atoms with Crippen LogP contribution in [-0.4, -0.2) is 68.2 Å². The Hall–Kier alpha value is -2.73. The smallest absolute Gasteiger partial charge is 0.475 e. The van der Waals surface area contributed by atoms with Crippen molar-refractivity contribution < 1.29 is 27.8 Å². The maximum atomic E-state index is 10.6. The molecule has 0 unspecified atom stereocenters. The van der Waals surface area contributed by atoms with Gasteiger partial charge in [-0.05, 0) is 19.9 Å². The van der Waals surface area contributed by atoms with Crippen LogP contribution in [0.4, 0.5) is 19.1 Å². The molecular formula is C19H25F3N6O3. The van der Waals surface area contributed by atoms with Crippen molar-refractivity contribution in [1.82, 2.24) is 24.6 Å². The van der Waals surface area contributed by atoms with E-state index in [0.717, 1.165) is 51.9 Å². The molecule has 0 spiro atoms. The van der Waals surface area contributed by atoms with E-state index in [4.69, 9.17) is 19.7 Å². The minimum Gasteiger partial charge on any atom is -0.475 e. The van der Waals surface area contributed by atoms with Crippen LogP contribution in [-0.2, 0) is 29.2 Å². The first-order valence-corrected chi connectivity index (χ1v) is 9.88. The monoisotopic (exact) mass is 442 g/mol. The predicted octanol–water partition coefficient (Wildman–Crippen LogP) is 2.24. The second-order valence-electron chi connectivity index (χ2n) is 7.51. The summed E-state index contributed by atoms with van der Waals surface area (Å²) < 4.78 is 39.4. The second-order valence-corrected chi connectivity index (χ2v) is 7.51. The zero-order valence-electron chi connectivity index (χ0n) is 17.3. The minimum atomic E-state index is -5.08. The summed E-state index contributed by atoms with van der Waals surface area (Å²) in [5, 5.41) is 12.0. The number of nitrogens with zero attached hydrogens (tertiary/aromatic N) is 6. The molecule has 170 valence electrons. The van der Waals surface area contributed by atoms with Gasteiger partial charge in [-0.3, -0.25) is 9.58 Å². The number of carboxylic acids is 1. The van der Waals surface area contributed by atoms with Gasteiger partial charge in [0.2, 0.25) is 5.95 Å². The molecule has 0 aliphatic carbocycles. The number of rotatable bonds is 4. The Bertz CT molecular complexity index is 882. The summed E-state index contributed by atoms with van der Waals surface area (Å²) in [5.74, 6) is -1.96. The molecule has 0 atom stereocenters. The molecular weight excluding hydrogens is 417 g/mol. The summed E-state index contributed by atoms with van der Waals surface area (Å²) in [7, 11) is 0. The molecule has 0 saturated carbocycles. The van der Waals surface area contributed by atoms with Crippen molar-refractivity contribution in [2.45, 2.75) is 45.7 Å². The molecule has 4 heterocycles. The molecule has 2 aromatic heterocycles. The van der Waals surface area contributed by atoms with Crippen molar-refractivity contribution in [3.05, 3.63) is 35.4 Å². The van der Waals surface area contributed by atoms with Gasteiger partial charge in [-0.1, -0.05) is 0 Å². The Morgan fingerprint density at radius 3 is 2.35 bits per heavy atom. The van der Waals surface area contributed by atoms with E-state index in [1.807, 2.05) is 6.07 Å². The van der Waals surface area contributed by atoms with E-state index in [1.165, 1.54) is 17.0 Å². The van der Waals surface area contributed by atoms with E-state index in [0.29, 0.717) is 6.04 Å². The molecule has 1 saturated heterocycles. The van der Waals surface area contributed by atoms with Gasteiger partial charge in [-0.15, -0.1) is 0 Å². The molecule has 1 N–H and O–H groups in total. The lowest BCUT2D eigenvalue weighted by atomic mass is 10.2. The highest BCUT2D eigenvalue weighted by Crippen LogP contribution is 2.31. The van der Waals surface area contributed by atoms with Crippen LogP contribution in [0.3, 0.4) is 0 Å². The molecule has 2 aromatic rings. The van der Waals surface area contributed by atoms with Crippen LogP contribution < -0.4 is 4.90 Å². The summed E-state index contributed by atoms with van der Waals surface area (Å²) in [4.78, 5) is 22.4. The number of carbonyl (C=O) groups is 1. The third-order valence-electron chi connectivity index (χ3n) is 4.93. The summed E-state index contributed by atoms with van der Waals surface area (Å²) in [6.07, 6.45) is -1.48. The number of ether oxygens (including phenoxy) is 1. The summed E-state index contributed by atoms with van der Waals surface area (Å²) in [5.41, 5.74) is 3.85. The molecule has 12 heteroatoms. The number of anilines is 1. The Labute approximate surface area is 177 Å². The fourth-order valence-electron chi connectivity index (χ4n) is 3.45. The standard InChI is InChI=1S/C17H24N6O.C2HF3O2/c1-13(2)23-16-12-22(17-18-4-3-5-19-17)10-14(16)15(20-23)11-21-6-8-24-9-7-21;3-2(4,5)1(6)7/h3-5,13H,6-12H2,1-2H3;(H,6,7). The van der Waals surface area contributed by atoms with Gasteiger partial charge in [-0.25, -0.2) is 14.8 Å². The van der Waals surface area contributed by atoms with Crippen LogP contribution in [0.5, 0.6) is 0 Å². The molecule has 0 aromatic carbocycles. The fraction of sp³-hybridized carbons (Fsp3) is 0.579. The van der Waals surface area contributed by atoms with Gasteiger partial charge in [0.25, 0.3) is 0 Å². The van der Waals surface area contributed by atoms with E-state index in [1.54, 1.807) is 12.4 Å². The SMILES string of the molecule is CC(C)n1nc(CN2CCOCC2)c2c1CN(c1ncccn1)C2.O=C(O)C(F)(F)F. The molecule has 1 fully saturated rings. The Morgan fingerprint density at radius 2 is 1.81 bits per heavy atom. The van der Waals surface area contributed by atoms with Crippen molar-refractivity contribution in [2.75, 3.05) is 31.2 Å². The number of fused-ring (bicyclic) bond motifs is 1. The van der Waals surface area contributed by atoms with Gasteiger partial charge in [-0.2, -0.15) is 18.3 Å². The topological polar surface area (TPSA) is 96.6 Å². The molecule has 9 nitrogen and oxygen atoms in total. The predicted molar refractivity (Wildman–Crippen MR) is 104 cm³/mol. The van der Waals surface area contributed by atoms with Crippen LogP contribution >= 0.6 is 0 Å². The molecule has 0 bridgehead atoms. The first kappa shape index (κ1) is 22.9. The lowest BCUT2D eigenvalue weighted by molar-refractivity contribution is -0.192. The number of hydrogen-bond acceptors (Lipinski definition) is 7. The molecule has 4 rings (SSSR count). The van der Waals surface area contributed by atoms with Crippen molar-refractivity contribution in [3.63, 3.8) is 0 Å². The van der Waals surface area contributed by atoms with E-state index in [9.17, 15) is 13.2 Å². The summed E-state index contributed by atoms with van der Waals surface area (Å²) in [6, 6.07) is 2.21. The van der Waals surface area contributed by atoms with Crippen LogP contribution in [0, 0.1) is 0 Å². The number of aromatic nitrogens is 4. The quantitative estimate of drug-likeness (QED) is 0.770. The van der Waals surface area contributed by atoms with Crippen LogP contribution in [0.25, 0.3) is 0 Å². The lowest BCUT2D eigenvalue weighted by Gasteiger charge is -2.26. The van der Waals surface area contributed by atoms with Crippen LogP contribution in [0.15, 0.2) is 18.5 Å². The normalized spacial score (nSPS) is 16.8. The van der Waals surface area contributed by atoms with Crippen molar-refractivity contribution in [1.29, 1.82) is 0 Å². The van der Waals surface area contributed by atoms with E-state index in [2.05, 4.69) is 38.3 Å². The van der Waals surface area contributed by atoms with Gasteiger partial charge >= 0.3 is 12.1 Å². The zero-order chi connectivity index (χ0) is 22.6. The van der Waals surface area contributed by atoms with Gasteiger partial charge in [0.1, 0.15) is 0 Å². The molecule has 2 aliphatic rings. The number of morpholine rings is 1. The summed E-state index contributed by atoms with van der Waals surface area (Å²) in [6.45, 7) is 10.5. The number of aliphatic carboxylic acids is 1. The van der Waals surface area contributed by atoms with Crippen LogP contribution in [0.1, 0.15) is 36.8 Å². The first-order chi connectivity index (χ1) is 14.7. The number of hydrogen-bond donors (Lipinski definition) is 1. The molecule has 31 heavy (non-hydrogen) atoms. The van der Waals surface area contributed by atoms with Crippen LogP contribution in [0.2, 0.25) is 0 Å². The third kappa shape index (κ3) is 5.70. The van der Waals surface area contributed by atoms with Crippen molar-refractivity contribution in [2.24, 2.45) is 0 Å². The zero-order valence-corrected chi connectivity index (χ0v) is 17.3. The Balaban J connectivity index is 0.000000339. The fourth-order valence-corrected chi connectivity index (χ4v) is 3.45. The van der Waals surface area contributed by atoms with Gasteiger partial charge < -0.3 is 14.7 Å². The Kier molecular flexibility index (Phi) is 7.11. The number of halogens is 3. The maximum Gasteiger partial charge on any atom is 0.490 e. The lowest BCUT2D eigenvalue weighted by Crippen LogP contribution is -2.36. The highest BCUT2D eigenvalue weighted by atomic mass is 19.4. The molecule has 0 radical (unpaired) electrons. The first-order valence-electron chi connectivity index (χ1n) is 9.88. The van der Waals surface area contributed by atoms with Crippen molar-refractivity contribution in [3.8, 4) is 0 Å². The number of carboxylic acid groups (broad SMARTS) is 1. The third-order valence-corrected chi connectivity index (χ3v) is 4.93. The highest BCUT2D eigenvalue weighted by molar-refractivity contribution is 5.73. The largest absolute Gasteiger partial charge is 0.490 e. The van der Waals surface area contributed by atoms with Gasteiger partial charge in [0.15, 0.2) is 0 Å². The number of alkyl halides is 3. The average molecular weight is 442 g/mol. The second kappa shape index (κ2) is 9.60. The Morgan fingerprint density at radius 1 is 1.19 bits per heavy atom. The average Bonchev–Trinajstić information content (AvgIpc) is 3.30. The van der Waals surface area contributed by atoms with Gasteiger partial charge in [0.05, 0.1) is 37.7 Å². The van der Waals surface area contributed by atoms with E-state index in [-0.39, 0.29) is 0 Å². The maximum absolute atomic E-state index is 10.6. The minimum absolute atomic E-state index is 0.355. The molecule has 2 aliphatic heterocycles. The van der Waals surface area contributed by atoms with E-state index < -0.39 is 12.1 Å². The van der Waals surface area contributed by atoms with Crippen molar-refractivity contribution >= 4 is 11.9 Å². The molecule has 0 amide bonds. The van der Waals surface area contributed by atoms with E-state index >= 15 is 0 Å². The summed E-state index contributed by atoms with van der Waals surface area (Å²) >= 11 is 0. The van der Waals surface area contributed by atoms with Gasteiger partial charge in [0, 0.05) is 43.6 Å².